The number of carboxylic acid groups (broad SMARTS) is 1. The monoisotopic (exact) mass is 275 g/mol. The smallest absolute Gasteiger partial charge is 0.328 e. The van der Waals surface area contributed by atoms with E-state index in [0.717, 1.165) is 22.4 Å². The molecule has 0 amide bonds. The lowest BCUT2D eigenvalue weighted by atomic mass is 10.1. The summed E-state index contributed by atoms with van der Waals surface area (Å²) in [5.74, 6) is -0.233. The third-order valence-corrected chi connectivity index (χ3v) is 3.57. The topological polar surface area (TPSA) is 68.0 Å². The molecular formula is C13H13N3O2S. The largest absolute Gasteiger partial charge is 0.478 e. The number of hydrogen-bond acceptors (Lipinski definition) is 4. The van der Waals surface area contributed by atoms with Crippen LogP contribution < -0.4 is 0 Å². The van der Waals surface area contributed by atoms with Crippen LogP contribution in [-0.4, -0.2) is 25.8 Å². The highest BCUT2D eigenvalue weighted by atomic mass is 32.2. The fourth-order valence-corrected chi connectivity index (χ4v) is 2.44. The second-order valence-corrected chi connectivity index (χ2v) is 4.83. The molecule has 5 nitrogen and oxygen atoms in total. The highest BCUT2D eigenvalue weighted by Gasteiger charge is 2.04. The number of hydrogen-bond donors (Lipinski definition) is 1. The summed E-state index contributed by atoms with van der Waals surface area (Å²) in [7, 11) is 1.89. The first kappa shape index (κ1) is 13.4. The number of aryl methyl sites for hydroxylation is 1. The van der Waals surface area contributed by atoms with E-state index in [0.29, 0.717) is 5.75 Å². The Balaban J connectivity index is 2.12. The molecule has 0 aliphatic heterocycles. The molecule has 0 saturated carbocycles. The summed E-state index contributed by atoms with van der Waals surface area (Å²) in [4.78, 5) is 10.6. The van der Waals surface area contributed by atoms with Crippen LogP contribution in [0.3, 0.4) is 0 Å². The van der Waals surface area contributed by atoms with E-state index >= 15 is 0 Å². The number of aromatic nitrogens is 3. The Labute approximate surface area is 115 Å². The Morgan fingerprint density at radius 2 is 2.26 bits per heavy atom. The van der Waals surface area contributed by atoms with E-state index in [1.54, 1.807) is 24.2 Å². The van der Waals surface area contributed by atoms with Gasteiger partial charge in [0.05, 0.1) is 0 Å². The fourth-order valence-electron chi connectivity index (χ4n) is 1.53. The summed E-state index contributed by atoms with van der Waals surface area (Å²) in [6, 6.07) is 7.69. The molecule has 1 heterocycles. The summed E-state index contributed by atoms with van der Waals surface area (Å²) in [5, 5.41) is 17.3. The average Bonchev–Trinajstić information content (AvgIpc) is 2.80. The lowest BCUT2D eigenvalue weighted by Crippen LogP contribution is -1.92. The van der Waals surface area contributed by atoms with Crippen molar-refractivity contribution in [3.63, 3.8) is 0 Å². The van der Waals surface area contributed by atoms with Crippen LogP contribution in [0.15, 0.2) is 41.8 Å². The molecule has 0 fully saturated rings. The molecule has 0 saturated heterocycles. The van der Waals surface area contributed by atoms with E-state index in [1.807, 2.05) is 35.9 Å². The standard InChI is InChI=1S/C13H13N3O2S/c1-16-9-14-15-13(16)19-8-11-5-3-2-4-10(11)6-7-12(17)18/h2-7,9H,8H2,1H3,(H,17,18)/b7-6+. The first-order valence-electron chi connectivity index (χ1n) is 5.62. The SMILES string of the molecule is Cn1cnnc1SCc1ccccc1/C=C/C(=O)O. The van der Waals surface area contributed by atoms with Crippen molar-refractivity contribution in [3.05, 3.63) is 47.8 Å². The molecule has 0 radical (unpaired) electrons. The Kier molecular flexibility index (Phi) is 4.35. The van der Waals surface area contributed by atoms with Crippen LogP contribution >= 0.6 is 11.8 Å². The zero-order chi connectivity index (χ0) is 13.7. The van der Waals surface area contributed by atoms with Gasteiger partial charge in [0, 0.05) is 18.9 Å². The van der Waals surface area contributed by atoms with Crippen molar-refractivity contribution in [1.29, 1.82) is 0 Å². The van der Waals surface area contributed by atoms with Gasteiger partial charge in [0.25, 0.3) is 0 Å². The number of carboxylic acids is 1. The Morgan fingerprint density at radius 3 is 2.95 bits per heavy atom. The molecule has 1 N–H and O–H groups in total. The number of aliphatic carboxylic acids is 1. The lowest BCUT2D eigenvalue weighted by Gasteiger charge is -2.05. The molecule has 19 heavy (non-hydrogen) atoms. The van der Waals surface area contributed by atoms with Gasteiger partial charge < -0.3 is 9.67 Å². The van der Waals surface area contributed by atoms with Gasteiger partial charge in [-0.1, -0.05) is 36.0 Å². The summed E-state index contributed by atoms with van der Waals surface area (Å²) in [6.07, 6.45) is 4.40. The maximum atomic E-state index is 10.6. The van der Waals surface area contributed by atoms with Gasteiger partial charge in [0.2, 0.25) is 0 Å². The van der Waals surface area contributed by atoms with Gasteiger partial charge in [-0.05, 0) is 17.2 Å². The summed E-state index contributed by atoms with van der Waals surface area (Å²) in [5.41, 5.74) is 1.97. The van der Waals surface area contributed by atoms with Crippen molar-refractivity contribution in [3.8, 4) is 0 Å². The van der Waals surface area contributed by atoms with Crippen LogP contribution in [-0.2, 0) is 17.6 Å². The highest BCUT2D eigenvalue weighted by molar-refractivity contribution is 7.98. The maximum absolute atomic E-state index is 10.6. The highest BCUT2D eigenvalue weighted by Crippen LogP contribution is 2.22. The second kappa shape index (κ2) is 6.19. The van der Waals surface area contributed by atoms with E-state index in [-0.39, 0.29) is 0 Å². The van der Waals surface area contributed by atoms with E-state index in [4.69, 9.17) is 5.11 Å². The number of rotatable bonds is 5. The van der Waals surface area contributed by atoms with Gasteiger partial charge >= 0.3 is 5.97 Å². The van der Waals surface area contributed by atoms with E-state index in [1.165, 1.54) is 0 Å². The van der Waals surface area contributed by atoms with Gasteiger partial charge in [0.15, 0.2) is 5.16 Å². The van der Waals surface area contributed by atoms with E-state index < -0.39 is 5.97 Å². The Bertz CT molecular complexity index is 607. The molecule has 98 valence electrons. The molecule has 1 aromatic heterocycles. The molecule has 1 aromatic carbocycles. The van der Waals surface area contributed by atoms with Crippen LogP contribution in [0.5, 0.6) is 0 Å². The van der Waals surface area contributed by atoms with Gasteiger partial charge in [-0.2, -0.15) is 0 Å². The number of thioether (sulfide) groups is 1. The van der Waals surface area contributed by atoms with Crippen molar-refractivity contribution in [2.24, 2.45) is 7.05 Å². The fraction of sp³-hybridized carbons (Fsp3) is 0.154. The molecular weight excluding hydrogens is 262 g/mol. The normalized spacial score (nSPS) is 11.0. The molecule has 0 atom stereocenters. The molecule has 2 aromatic rings. The van der Waals surface area contributed by atoms with Crippen LogP contribution in [0.2, 0.25) is 0 Å². The minimum Gasteiger partial charge on any atom is -0.478 e. The first-order valence-corrected chi connectivity index (χ1v) is 6.61. The number of carbonyl (C=O) groups is 1. The average molecular weight is 275 g/mol. The predicted molar refractivity (Wildman–Crippen MR) is 73.7 cm³/mol. The van der Waals surface area contributed by atoms with Crippen LogP contribution in [0.25, 0.3) is 6.08 Å². The van der Waals surface area contributed by atoms with Crippen LogP contribution in [0, 0.1) is 0 Å². The third-order valence-electron chi connectivity index (χ3n) is 2.49. The van der Waals surface area contributed by atoms with Crippen molar-refractivity contribution >= 4 is 23.8 Å². The molecule has 0 unspecified atom stereocenters. The summed E-state index contributed by atoms with van der Waals surface area (Å²) in [6.45, 7) is 0. The second-order valence-electron chi connectivity index (χ2n) is 3.88. The van der Waals surface area contributed by atoms with E-state index in [9.17, 15) is 4.79 Å². The Hall–Kier alpha value is -2.08. The summed E-state index contributed by atoms with van der Waals surface area (Å²) < 4.78 is 1.85. The molecule has 0 aliphatic carbocycles. The van der Waals surface area contributed by atoms with Crippen molar-refractivity contribution in [1.82, 2.24) is 14.8 Å². The quantitative estimate of drug-likeness (QED) is 0.669. The maximum Gasteiger partial charge on any atom is 0.328 e. The van der Waals surface area contributed by atoms with Crippen molar-refractivity contribution in [2.45, 2.75) is 10.9 Å². The van der Waals surface area contributed by atoms with Crippen LogP contribution in [0.1, 0.15) is 11.1 Å². The minimum absolute atomic E-state index is 0.715. The first-order chi connectivity index (χ1) is 9.16. The number of nitrogens with zero attached hydrogens (tertiary/aromatic N) is 3. The van der Waals surface area contributed by atoms with Crippen LogP contribution in [0.4, 0.5) is 0 Å². The molecule has 0 spiro atoms. The number of benzene rings is 1. The predicted octanol–water partition coefficient (Wildman–Crippen LogP) is 2.21. The van der Waals surface area contributed by atoms with E-state index in [2.05, 4.69) is 10.2 Å². The third kappa shape index (κ3) is 3.69. The van der Waals surface area contributed by atoms with Gasteiger partial charge in [-0.15, -0.1) is 10.2 Å². The zero-order valence-electron chi connectivity index (χ0n) is 10.4. The summed E-state index contributed by atoms with van der Waals surface area (Å²) >= 11 is 1.56. The molecule has 0 aliphatic rings. The lowest BCUT2D eigenvalue weighted by molar-refractivity contribution is -0.131. The Morgan fingerprint density at radius 1 is 1.47 bits per heavy atom. The molecule has 6 heteroatoms. The minimum atomic E-state index is -0.948. The van der Waals surface area contributed by atoms with Crippen molar-refractivity contribution < 1.29 is 9.90 Å². The molecule has 0 bridgehead atoms. The molecule has 2 rings (SSSR count). The zero-order valence-corrected chi connectivity index (χ0v) is 11.2. The van der Waals surface area contributed by atoms with Gasteiger partial charge in [-0.25, -0.2) is 4.79 Å². The van der Waals surface area contributed by atoms with Crippen molar-refractivity contribution in [2.75, 3.05) is 0 Å². The van der Waals surface area contributed by atoms with Gasteiger partial charge in [-0.3, -0.25) is 0 Å². The van der Waals surface area contributed by atoms with Gasteiger partial charge in [0.1, 0.15) is 6.33 Å².